The highest BCUT2D eigenvalue weighted by Gasteiger charge is 2.46. The maximum Gasteiger partial charge on any atom is 0.306 e. The van der Waals surface area contributed by atoms with Gasteiger partial charge in [0, 0.05) is 5.92 Å². The van der Waals surface area contributed by atoms with Crippen molar-refractivity contribution in [3.8, 4) is 0 Å². The molecule has 1 aromatic rings. The topological polar surface area (TPSA) is 66.4 Å². The average Bonchev–Trinajstić information content (AvgIpc) is 3.29. The van der Waals surface area contributed by atoms with E-state index in [1.165, 1.54) is 0 Å². The lowest BCUT2D eigenvalue weighted by Gasteiger charge is -2.28. The first-order valence-electron chi connectivity index (χ1n) is 7.71. The fraction of sp³-hybridized carbons (Fsp3) is 0.529. The third-order valence-electron chi connectivity index (χ3n) is 4.83. The Morgan fingerprint density at radius 3 is 2.38 bits per heavy atom. The van der Waals surface area contributed by atoms with Crippen LogP contribution in [0.1, 0.15) is 44.1 Å². The second-order valence-corrected chi connectivity index (χ2v) is 6.34. The van der Waals surface area contributed by atoms with Gasteiger partial charge in [-0.05, 0) is 37.7 Å². The Morgan fingerprint density at radius 2 is 1.76 bits per heavy atom. The SMILES string of the molecule is O=C(O)C1CCCC(C(=O)NC2(c3ccccc3)CC2)C1. The van der Waals surface area contributed by atoms with Gasteiger partial charge < -0.3 is 10.4 Å². The van der Waals surface area contributed by atoms with Crippen molar-refractivity contribution in [3.63, 3.8) is 0 Å². The predicted octanol–water partition coefficient (Wildman–Crippen LogP) is 2.68. The van der Waals surface area contributed by atoms with Gasteiger partial charge in [-0.25, -0.2) is 0 Å². The van der Waals surface area contributed by atoms with Crippen molar-refractivity contribution < 1.29 is 14.7 Å². The Balaban J connectivity index is 1.65. The molecule has 2 unspecified atom stereocenters. The van der Waals surface area contributed by atoms with Crippen LogP contribution in [-0.4, -0.2) is 17.0 Å². The number of carboxylic acid groups (broad SMARTS) is 1. The molecule has 3 rings (SSSR count). The van der Waals surface area contributed by atoms with Crippen LogP contribution in [-0.2, 0) is 15.1 Å². The summed E-state index contributed by atoms with van der Waals surface area (Å²) >= 11 is 0. The molecule has 0 saturated heterocycles. The molecule has 2 aliphatic rings. The van der Waals surface area contributed by atoms with Gasteiger partial charge in [-0.1, -0.05) is 36.8 Å². The van der Waals surface area contributed by atoms with Crippen LogP contribution in [0, 0.1) is 11.8 Å². The molecule has 4 nitrogen and oxygen atoms in total. The minimum absolute atomic E-state index is 0.0299. The van der Waals surface area contributed by atoms with E-state index in [9.17, 15) is 9.59 Å². The summed E-state index contributed by atoms with van der Waals surface area (Å²) in [5.74, 6) is -1.25. The van der Waals surface area contributed by atoms with E-state index in [1.54, 1.807) is 0 Å². The summed E-state index contributed by atoms with van der Waals surface area (Å²) in [5, 5.41) is 12.3. The smallest absolute Gasteiger partial charge is 0.306 e. The fourth-order valence-electron chi connectivity index (χ4n) is 3.36. The highest BCUT2D eigenvalue weighted by Crippen LogP contribution is 2.46. The monoisotopic (exact) mass is 287 g/mol. The normalized spacial score (nSPS) is 26.9. The van der Waals surface area contributed by atoms with E-state index in [0.717, 1.165) is 31.2 Å². The van der Waals surface area contributed by atoms with E-state index in [4.69, 9.17) is 5.11 Å². The first-order valence-corrected chi connectivity index (χ1v) is 7.71. The number of aliphatic carboxylic acids is 1. The summed E-state index contributed by atoms with van der Waals surface area (Å²) in [4.78, 5) is 23.6. The quantitative estimate of drug-likeness (QED) is 0.894. The third-order valence-corrected chi connectivity index (χ3v) is 4.83. The van der Waals surface area contributed by atoms with Crippen LogP contribution in [0.5, 0.6) is 0 Å². The number of carbonyl (C=O) groups is 2. The van der Waals surface area contributed by atoms with Gasteiger partial charge in [-0.15, -0.1) is 0 Å². The second kappa shape index (κ2) is 5.51. The number of benzene rings is 1. The molecule has 4 heteroatoms. The zero-order valence-corrected chi connectivity index (χ0v) is 12.0. The number of amides is 1. The van der Waals surface area contributed by atoms with Gasteiger partial charge in [0.15, 0.2) is 0 Å². The molecule has 0 aromatic heterocycles. The Kier molecular flexibility index (Phi) is 3.70. The van der Waals surface area contributed by atoms with Crippen LogP contribution in [0.15, 0.2) is 30.3 Å². The van der Waals surface area contributed by atoms with Gasteiger partial charge in [-0.2, -0.15) is 0 Å². The highest BCUT2D eigenvalue weighted by atomic mass is 16.4. The van der Waals surface area contributed by atoms with Crippen LogP contribution in [0.2, 0.25) is 0 Å². The van der Waals surface area contributed by atoms with Crippen LogP contribution in [0.3, 0.4) is 0 Å². The molecular formula is C17H21NO3. The minimum Gasteiger partial charge on any atom is -0.481 e. The van der Waals surface area contributed by atoms with Crippen LogP contribution in [0.4, 0.5) is 0 Å². The van der Waals surface area contributed by atoms with Crippen molar-refractivity contribution >= 4 is 11.9 Å². The van der Waals surface area contributed by atoms with E-state index in [2.05, 4.69) is 5.32 Å². The van der Waals surface area contributed by atoms with Gasteiger partial charge in [0.2, 0.25) is 5.91 Å². The largest absolute Gasteiger partial charge is 0.481 e. The number of hydrogen-bond acceptors (Lipinski definition) is 2. The average molecular weight is 287 g/mol. The molecule has 2 N–H and O–H groups in total. The van der Waals surface area contributed by atoms with Gasteiger partial charge in [0.25, 0.3) is 0 Å². The first-order chi connectivity index (χ1) is 10.1. The standard InChI is InChI=1S/C17H21NO3/c19-15(12-5-4-6-13(11-12)16(20)21)18-17(9-10-17)14-7-2-1-3-8-14/h1-3,7-8,12-13H,4-6,9-11H2,(H,18,19)(H,20,21). The van der Waals surface area contributed by atoms with E-state index < -0.39 is 5.97 Å². The van der Waals surface area contributed by atoms with Gasteiger partial charge in [0.05, 0.1) is 11.5 Å². The fourth-order valence-corrected chi connectivity index (χ4v) is 3.36. The Labute approximate surface area is 124 Å². The summed E-state index contributed by atoms with van der Waals surface area (Å²) in [6, 6.07) is 10.0. The third kappa shape index (κ3) is 2.94. The van der Waals surface area contributed by atoms with E-state index in [0.29, 0.717) is 12.8 Å². The van der Waals surface area contributed by atoms with E-state index in [-0.39, 0.29) is 23.3 Å². The van der Waals surface area contributed by atoms with Crippen molar-refractivity contribution in [1.29, 1.82) is 0 Å². The molecule has 0 spiro atoms. The van der Waals surface area contributed by atoms with Gasteiger partial charge in [-0.3, -0.25) is 9.59 Å². The van der Waals surface area contributed by atoms with Crippen molar-refractivity contribution in [2.24, 2.45) is 11.8 Å². The van der Waals surface area contributed by atoms with E-state index >= 15 is 0 Å². The molecule has 2 atom stereocenters. The zero-order valence-electron chi connectivity index (χ0n) is 12.0. The second-order valence-electron chi connectivity index (χ2n) is 6.34. The molecule has 0 heterocycles. The van der Waals surface area contributed by atoms with Crippen LogP contribution >= 0.6 is 0 Å². The number of carboxylic acids is 1. The van der Waals surface area contributed by atoms with Gasteiger partial charge in [0.1, 0.15) is 0 Å². The van der Waals surface area contributed by atoms with Crippen LogP contribution < -0.4 is 5.32 Å². The van der Waals surface area contributed by atoms with Gasteiger partial charge >= 0.3 is 5.97 Å². The summed E-state index contributed by atoms with van der Waals surface area (Å²) in [6.07, 6.45) is 4.75. The molecule has 21 heavy (non-hydrogen) atoms. The number of nitrogens with one attached hydrogen (secondary N) is 1. The Hall–Kier alpha value is -1.84. The lowest BCUT2D eigenvalue weighted by molar-refractivity contribution is -0.144. The summed E-state index contributed by atoms with van der Waals surface area (Å²) in [5.41, 5.74) is 0.957. The maximum atomic E-state index is 12.5. The lowest BCUT2D eigenvalue weighted by Crippen LogP contribution is -2.41. The molecule has 0 radical (unpaired) electrons. The van der Waals surface area contributed by atoms with Crippen molar-refractivity contribution in [2.45, 2.75) is 44.1 Å². The van der Waals surface area contributed by atoms with Crippen LogP contribution in [0.25, 0.3) is 0 Å². The van der Waals surface area contributed by atoms with E-state index in [1.807, 2.05) is 30.3 Å². The lowest BCUT2D eigenvalue weighted by atomic mass is 9.81. The summed E-state index contributed by atoms with van der Waals surface area (Å²) < 4.78 is 0. The number of hydrogen-bond donors (Lipinski definition) is 2. The van der Waals surface area contributed by atoms with Crippen molar-refractivity contribution in [1.82, 2.24) is 5.32 Å². The molecule has 0 bridgehead atoms. The molecule has 1 amide bonds. The van der Waals surface area contributed by atoms with Crippen molar-refractivity contribution in [2.75, 3.05) is 0 Å². The number of rotatable bonds is 4. The first kappa shape index (κ1) is 14.1. The molecule has 2 aliphatic carbocycles. The predicted molar refractivity (Wildman–Crippen MR) is 78.6 cm³/mol. The number of carbonyl (C=O) groups excluding carboxylic acids is 1. The maximum absolute atomic E-state index is 12.5. The Bertz CT molecular complexity index is 536. The zero-order chi connectivity index (χ0) is 14.9. The molecule has 2 fully saturated rings. The molecule has 1 aromatic carbocycles. The van der Waals surface area contributed by atoms with Crippen molar-refractivity contribution in [3.05, 3.63) is 35.9 Å². The summed E-state index contributed by atoms with van der Waals surface area (Å²) in [6.45, 7) is 0. The molecular weight excluding hydrogens is 266 g/mol. The Morgan fingerprint density at radius 1 is 1.10 bits per heavy atom. The molecule has 112 valence electrons. The molecule has 2 saturated carbocycles. The summed E-state index contributed by atoms with van der Waals surface area (Å²) in [7, 11) is 0. The highest BCUT2D eigenvalue weighted by molar-refractivity contribution is 5.81. The minimum atomic E-state index is -0.767. The molecule has 0 aliphatic heterocycles.